The highest BCUT2D eigenvalue weighted by atomic mass is 19.1. The summed E-state index contributed by atoms with van der Waals surface area (Å²) in [5.41, 5.74) is 2.28. The fraction of sp³-hybridized carbons (Fsp3) is 0.300. The van der Waals surface area contributed by atoms with E-state index in [2.05, 4.69) is 10.3 Å². The monoisotopic (exact) mass is 339 g/mol. The molecule has 1 N–H and O–H groups in total. The van der Waals surface area contributed by atoms with E-state index in [-0.39, 0.29) is 23.2 Å². The summed E-state index contributed by atoms with van der Waals surface area (Å²) in [6.45, 7) is 6.24. The average Bonchev–Trinajstić information content (AvgIpc) is 3.03. The summed E-state index contributed by atoms with van der Waals surface area (Å²) in [7, 11) is 0. The van der Waals surface area contributed by atoms with Crippen LogP contribution in [0.3, 0.4) is 0 Å². The maximum atomic E-state index is 13.5. The minimum absolute atomic E-state index is 0.0902. The van der Waals surface area contributed by atoms with Crippen molar-refractivity contribution in [3.63, 3.8) is 0 Å². The number of carbonyl (C=O) groups is 1. The van der Waals surface area contributed by atoms with Crippen LogP contribution in [-0.2, 0) is 10.2 Å². The minimum Gasteiger partial charge on any atom is -0.353 e. The quantitative estimate of drug-likeness (QED) is 0.768. The molecule has 3 aromatic rings. The van der Waals surface area contributed by atoms with Gasteiger partial charge in [-0.25, -0.2) is 9.37 Å². The van der Waals surface area contributed by atoms with Crippen LogP contribution in [0.25, 0.3) is 11.0 Å². The van der Waals surface area contributed by atoms with Gasteiger partial charge in [-0.2, -0.15) is 0 Å². The number of aromatic nitrogens is 2. The third kappa shape index (κ3) is 3.55. The van der Waals surface area contributed by atoms with Gasteiger partial charge in [-0.15, -0.1) is 0 Å². The lowest BCUT2D eigenvalue weighted by Crippen LogP contribution is -2.39. The summed E-state index contributed by atoms with van der Waals surface area (Å²) in [6.07, 6.45) is 1.69. The molecular weight excluding hydrogens is 317 g/mol. The third-order valence-electron chi connectivity index (χ3n) is 4.59. The van der Waals surface area contributed by atoms with Crippen molar-refractivity contribution in [2.24, 2.45) is 0 Å². The number of hydrogen-bond donors (Lipinski definition) is 1. The molecule has 0 aliphatic rings. The zero-order valence-electron chi connectivity index (χ0n) is 14.7. The molecule has 0 spiro atoms. The van der Waals surface area contributed by atoms with E-state index in [1.54, 1.807) is 12.4 Å². The van der Waals surface area contributed by atoms with Crippen molar-refractivity contribution in [3.8, 4) is 0 Å². The average molecular weight is 339 g/mol. The maximum absolute atomic E-state index is 13.5. The molecule has 0 saturated carbocycles. The van der Waals surface area contributed by atoms with Crippen molar-refractivity contribution >= 4 is 16.9 Å². The van der Waals surface area contributed by atoms with Gasteiger partial charge in [-0.3, -0.25) is 4.79 Å². The van der Waals surface area contributed by atoms with Gasteiger partial charge in [-0.1, -0.05) is 38.1 Å². The molecule has 0 aliphatic heterocycles. The fourth-order valence-corrected chi connectivity index (χ4v) is 2.88. The van der Waals surface area contributed by atoms with Crippen LogP contribution in [0.5, 0.6) is 0 Å². The molecule has 25 heavy (non-hydrogen) atoms. The van der Waals surface area contributed by atoms with Gasteiger partial charge < -0.3 is 9.88 Å². The van der Waals surface area contributed by atoms with Crippen molar-refractivity contribution in [1.82, 2.24) is 14.9 Å². The second-order valence-corrected chi connectivity index (χ2v) is 6.93. The number of benzene rings is 2. The SMILES string of the molecule is CC(C(=O)NCC(C)(C)c1cccc(F)c1)n1cnc2ccccc21. The van der Waals surface area contributed by atoms with Crippen LogP contribution in [0.2, 0.25) is 0 Å². The van der Waals surface area contributed by atoms with Crippen molar-refractivity contribution < 1.29 is 9.18 Å². The molecule has 1 atom stereocenters. The lowest BCUT2D eigenvalue weighted by molar-refractivity contribution is -0.124. The second kappa shape index (κ2) is 6.67. The van der Waals surface area contributed by atoms with E-state index in [4.69, 9.17) is 0 Å². The number of nitrogens with one attached hydrogen (secondary N) is 1. The van der Waals surface area contributed by atoms with E-state index in [1.807, 2.05) is 55.7 Å². The number of amides is 1. The van der Waals surface area contributed by atoms with Crippen LogP contribution in [0, 0.1) is 5.82 Å². The summed E-state index contributed by atoms with van der Waals surface area (Å²) >= 11 is 0. The Balaban J connectivity index is 1.71. The largest absolute Gasteiger partial charge is 0.353 e. The molecule has 0 fully saturated rings. The smallest absolute Gasteiger partial charge is 0.242 e. The van der Waals surface area contributed by atoms with Crippen LogP contribution in [-0.4, -0.2) is 22.0 Å². The van der Waals surface area contributed by atoms with Crippen molar-refractivity contribution in [2.45, 2.75) is 32.2 Å². The van der Waals surface area contributed by atoms with Gasteiger partial charge in [-0.05, 0) is 36.8 Å². The zero-order valence-corrected chi connectivity index (χ0v) is 14.7. The van der Waals surface area contributed by atoms with Gasteiger partial charge >= 0.3 is 0 Å². The Morgan fingerprint density at radius 1 is 1.24 bits per heavy atom. The highest BCUT2D eigenvalue weighted by Gasteiger charge is 2.24. The third-order valence-corrected chi connectivity index (χ3v) is 4.59. The van der Waals surface area contributed by atoms with Gasteiger partial charge in [0.05, 0.1) is 17.4 Å². The Bertz CT molecular complexity index is 901. The van der Waals surface area contributed by atoms with Crippen molar-refractivity contribution in [3.05, 3.63) is 66.2 Å². The van der Waals surface area contributed by atoms with Crippen LogP contribution in [0.1, 0.15) is 32.4 Å². The summed E-state index contributed by atoms with van der Waals surface area (Å²) in [5, 5.41) is 2.98. The van der Waals surface area contributed by atoms with Crippen LogP contribution in [0.4, 0.5) is 4.39 Å². The Kier molecular flexibility index (Phi) is 4.57. The van der Waals surface area contributed by atoms with Crippen LogP contribution in [0.15, 0.2) is 54.9 Å². The van der Waals surface area contributed by atoms with Crippen molar-refractivity contribution in [2.75, 3.05) is 6.54 Å². The van der Waals surface area contributed by atoms with Gasteiger partial charge in [0.2, 0.25) is 5.91 Å². The normalized spacial score (nSPS) is 13.0. The van der Waals surface area contributed by atoms with E-state index >= 15 is 0 Å². The zero-order chi connectivity index (χ0) is 18.0. The summed E-state index contributed by atoms with van der Waals surface area (Å²) in [4.78, 5) is 16.9. The maximum Gasteiger partial charge on any atom is 0.242 e. The lowest BCUT2D eigenvalue weighted by atomic mass is 9.84. The first kappa shape index (κ1) is 17.1. The van der Waals surface area contributed by atoms with E-state index in [1.165, 1.54) is 12.1 Å². The Morgan fingerprint density at radius 2 is 2.00 bits per heavy atom. The fourth-order valence-electron chi connectivity index (χ4n) is 2.88. The van der Waals surface area contributed by atoms with Gasteiger partial charge in [0.1, 0.15) is 11.9 Å². The van der Waals surface area contributed by atoms with E-state index in [9.17, 15) is 9.18 Å². The predicted molar refractivity (Wildman–Crippen MR) is 96.9 cm³/mol. The molecule has 1 aromatic heterocycles. The predicted octanol–water partition coefficient (Wildman–Crippen LogP) is 3.83. The Hall–Kier alpha value is -2.69. The van der Waals surface area contributed by atoms with Gasteiger partial charge in [0.25, 0.3) is 0 Å². The molecular formula is C20H22FN3O. The summed E-state index contributed by atoms with van der Waals surface area (Å²) in [6, 6.07) is 13.8. The Morgan fingerprint density at radius 3 is 2.76 bits per heavy atom. The molecule has 4 nitrogen and oxygen atoms in total. The number of carbonyl (C=O) groups excluding carboxylic acids is 1. The van der Waals surface area contributed by atoms with Crippen LogP contribution >= 0.6 is 0 Å². The molecule has 1 unspecified atom stereocenters. The van der Waals surface area contributed by atoms with Crippen molar-refractivity contribution in [1.29, 1.82) is 0 Å². The first-order chi connectivity index (χ1) is 11.9. The molecule has 0 saturated heterocycles. The first-order valence-corrected chi connectivity index (χ1v) is 8.34. The molecule has 1 amide bonds. The van der Waals surface area contributed by atoms with Gasteiger partial charge in [0.15, 0.2) is 0 Å². The second-order valence-electron chi connectivity index (χ2n) is 6.93. The highest BCUT2D eigenvalue weighted by molar-refractivity contribution is 5.83. The topological polar surface area (TPSA) is 46.9 Å². The highest BCUT2D eigenvalue weighted by Crippen LogP contribution is 2.23. The molecule has 2 aromatic carbocycles. The standard InChI is InChI=1S/C20H22FN3O/c1-14(24-13-23-17-9-4-5-10-18(17)24)19(25)22-12-20(2,3)15-7-6-8-16(21)11-15/h4-11,13-14H,12H2,1-3H3,(H,22,25). The Labute approximate surface area is 146 Å². The number of hydrogen-bond acceptors (Lipinski definition) is 2. The first-order valence-electron chi connectivity index (χ1n) is 8.34. The number of imidazole rings is 1. The molecule has 0 radical (unpaired) electrons. The number of rotatable bonds is 5. The molecule has 5 heteroatoms. The molecule has 1 heterocycles. The molecule has 130 valence electrons. The lowest BCUT2D eigenvalue weighted by Gasteiger charge is -2.26. The number of para-hydroxylation sites is 2. The number of fused-ring (bicyclic) bond motifs is 1. The summed E-state index contributed by atoms with van der Waals surface area (Å²) in [5.74, 6) is -0.359. The van der Waals surface area contributed by atoms with Gasteiger partial charge in [0, 0.05) is 12.0 Å². The number of halogens is 1. The van der Waals surface area contributed by atoms with E-state index in [0.29, 0.717) is 6.54 Å². The minimum atomic E-state index is -0.379. The van der Waals surface area contributed by atoms with E-state index in [0.717, 1.165) is 16.6 Å². The molecule has 0 aliphatic carbocycles. The van der Waals surface area contributed by atoms with Crippen LogP contribution < -0.4 is 5.32 Å². The molecule has 0 bridgehead atoms. The number of nitrogens with zero attached hydrogens (tertiary/aromatic N) is 2. The summed E-state index contributed by atoms with van der Waals surface area (Å²) < 4.78 is 15.3. The van der Waals surface area contributed by atoms with E-state index < -0.39 is 0 Å². The molecule has 3 rings (SSSR count).